The van der Waals surface area contributed by atoms with Crippen molar-refractivity contribution in [3.63, 3.8) is 0 Å². The first kappa shape index (κ1) is 12.3. The third-order valence-corrected chi connectivity index (χ3v) is 3.14. The van der Waals surface area contributed by atoms with Crippen LogP contribution in [-0.2, 0) is 13.0 Å². The van der Waals surface area contributed by atoms with Gasteiger partial charge in [-0.05, 0) is 42.6 Å². The topological polar surface area (TPSA) is 43.8 Å². The summed E-state index contributed by atoms with van der Waals surface area (Å²) in [7, 11) is 0. The van der Waals surface area contributed by atoms with Crippen LogP contribution in [0.25, 0.3) is 0 Å². The van der Waals surface area contributed by atoms with Crippen LogP contribution in [0.1, 0.15) is 17.5 Å². The molecule has 1 aromatic carbocycles. The van der Waals surface area contributed by atoms with Gasteiger partial charge in [-0.3, -0.25) is 4.68 Å². The maximum absolute atomic E-state index is 5.49. The summed E-state index contributed by atoms with van der Waals surface area (Å²) in [4.78, 5) is 0. The standard InChI is InChI=1S/C13H16BrN3/c14-13-5-3-11(4-6-13)9-17-10-12(8-16-17)2-1-7-15/h3-6,8,10H,1-2,7,9,15H2. The number of halogens is 1. The van der Waals surface area contributed by atoms with Crippen LogP contribution in [0.4, 0.5) is 0 Å². The van der Waals surface area contributed by atoms with Crippen molar-refractivity contribution >= 4 is 15.9 Å². The van der Waals surface area contributed by atoms with Crippen molar-refractivity contribution < 1.29 is 0 Å². The Kier molecular flexibility index (Phi) is 4.34. The number of hydrogen-bond donors (Lipinski definition) is 1. The molecule has 17 heavy (non-hydrogen) atoms. The number of aromatic nitrogens is 2. The Morgan fingerprint density at radius 3 is 2.65 bits per heavy atom. The molecule has 0 aliphatic heterocycles. The largest absolute Gasteiger partial charge is 0.330 e. The van der Waals surface area contributed by atoms with E-state index in [9.17, 15) is 0 Å². The van der Waals surface area contributed by atoms with Crippen molar-refractivity contribution in [1.82, 2.24) is 9.78 Å². The fourth-order valence-electron chi connectivity index (χ4n) is 1.71. The van der Waals surface area contributed by atoms with E-state index in [4.69, 9.17) is 5.73 Å². The third-order valence-electron chi connectivity index (χ3n) is 2.61. The van der Waals surface area contributed by atoms with E-state index in [2.05, 4.69) is 39.4 Å². The van der Waals surface area contributed by atoms with Crippen molar-refractivity contribution in [3.05, 3.63) is 52.3 Å². The Hall–Kier alpha value is -1.13. The Labute approximate surface area is 110 Å². The monoisotopic (exact) mass is 293 g/mol. The molecule has 0 aliphatic rings. The molecule has 0 fully saturated rings. The van der Waals surface area contributed by atoms with Crippen LogP contribution in [0, 0.1) is 0 Å². The minimum atomic E-state index is 0.734. The van der Waals surface area contributed by atoms with Crippen LogP contribution in [0.2, 0.25) is 0 Å². The fraction of sp³-hybridized carbons (Fsp3) is 0.308. The quantitative estimate of drug-likeness (QED) is 0.921. The molecule has 90 valence electrons. The molecule has 0 aliphatic carbocycles. The first-order valence-electron chi connectivity index (χ1n) is 5.74. The highest BCUT2D eigenvalue weighted by Gasteiger charge is 1.99. The lowest BCUT2D eigenvalue weighted by atomic mass is 10.2. The molecular weight excluding hydrogens is 278 g/mol. The predicted molar refractivity (Wildman–Crippen MR) is 72.8 cm³/mol. The number of nitrogens with two attached hydrogens (primary N) is 1. The van der Waals surface area contributed by atoms with Gasteiger partial charge in [-0.2, -0.15) is 5.10 Å². The van der Waals surface area contributed by atoms with Crippen LogP contribution >= 0.6 is 15.9 Å². The number of rotatable bonds is 5. The smallest absolute Gasteiger partial charge is 0.0659 e. The van der Waals surface area contributed by atoms with E-state index < -0.39 is 0 Å². The summed E-state index contributed by atoms with van der Waals surface area (Å²) in [6.45, 7) is 1.55. The van der Waals surface area contributed by atoms with Gasteiger partial charge in [0.25, 0.3) is 0 Å². The predicted octanol–water partition coefficient (Wildman–Crippen LogP) is 2.59. The fourth-order valence-corrected chi connectivity index (χ4v) is 1.97. The molecule has 3 nitrogen and oxygen atoms in total. The minimum Gasteiger partial charge on any atom is -0.330 e. The normalized spacial score (nSPS) is 10.7. The highest BCUT2D eigenvalue weighted by Crippen LogP contribution is 2.11. The average Bonchev–Trinajstić information content (AvgIpc) is 2.77. The van der Waals surface area contributed by atoms with Gasteiger partial charge in [-0.15, -0.1) is 0 Å². The Balaban J connectivity index is 1.98. The Morgan fingerprint density at radius 1 is 1.18 bits per heavy atom. The summed E-state index contributed by atoms with van der Waals surface area (Å²) in [5, 5.41) is 4.35. The lowest BCUT2D eigenvalue weighted by Gasteiger charge is -2.01. The zero-order valence-corrected chi connectivity index (χ0v) is 11.2. The molecule has 0 saturated heterocycles. The third kappa shape index (κ3) is 3.68. The number of benzene rings is 1. The molecule has 1 heterocycles. The molecule has 0 atom stereocenters. The summed E-state index contributed by atoms with van der Waals surface area (Å²) in [5.41, 5.74) is 8.00. The van der Waals surface area contributed by atoms with Gasteiger partial charge < -0.3 is 5.73 Å². The van der Waals surface area contributed by atoms with Crippen molar-refractivity contribution in [2.24, 2.45) is 5.73 Å². The van der Waals surface area contributed by atoms with Crippen molar-refractivity contribution in [1.29, 1.82) is 0 Å². The average molecular weight is 294 g/mol. The zero-order chi connectivity index (χ0) is 12.1. The van der Waals surface area contributed by atoms with Crippen LogP contribution in [-0.4, -0.2) is 16.3 Å². The van der Waals surface area contributed by atoms with E-state index in [-0.39, 0.29) is 0 Å². The molecular formula is C13H16BrN3. The summed E-state index contributed by atoms with van der Waals surface area (Å²) in [6.07, 6.45) is 6.05. The molecule has 0 spiro atoms. The van der Waals surface area contributed by atoms with Gasteiger partial charge in [0.2, 0.25) is 0 Å². The Morgan fingerprint density at radius 2 is 1.94 bits per heavy atom. The van der Waals surface area contributed by atoms with E-state index in [0.717, 1.165) is 30.4 Å². The van der Waals surface area contributed by atoms with Gasteiger partial charge >= 0.3 is 0 Å². The number of hydrogen-bond acceptors (Lipinski definition) is 2. The maximum atomic E-state index is 5.49. The van der Waals surface area contributed by atoms with Crippen molar-refractivity contribution in [3.8, 4) is 0 Å². The van der Waals surface area contributed by atoms with E-state index >= 15 is 0 Å². The van der Waals surface area contributed by atoms with E-state index in [0.29, 0.717) is 0 Å². The molecule has 0 bridgehead atoms. The molecule has 1 aromatic heterocycles. The maximum Gasteiger partial charge on any atom is 0.0659 e. The van der Waals surface area contributed by atoms with Gasteiger partial charge in [0.05, 0.1) is 12.7 Å². The second kappa shape index (κ2) is 5.98. The second-order valence-corrected chi connectivity index (χ2v) is 4.98. The number of aryl methyl sites for hydroxylation is 1. The van der Waals surface area contributed by atoms with Crippen LogP contribution in [0.3, 0.4) is 0 Å². The zero-order valence-electron chi connectivity index (χ0n) is 9.64. The van der Waals surface area contributed by atoms with Gasteiger partial charge in [0, 0.05) is 10.7 Å². The molecule has 2 aromatic rings. The lowest BCUT2D eigenvalue weighted by Crippen LogP contribution is -2.00. The van der Waals surface area contributed by atoms with Crippen LogP contribution in [0.15, 0.2) is 41.1 Å². The van der Waals surface area contributed by atoms with Gasteiger partial charge in [0.15, 0.2) is 0 Å². The molecule has 2 rings (SSSR count). The first-order chi connectivity index (χ1) is 8.28. The summed E-state index contributed by atoms with van der Waals surface area (Å²) in [6, 6.07) is 8.30. The molecule has 2 N–H and O–H groups in total. The highest BCUT2D eigenvalue weighted by atomic mass is 79.9. The lowest BCUT2D eigenvalue weighted by molar-refractivity contribution is 0.685. The van der Waals surface area contributed by atoms with E-state index in [1.807, 2.05) is 23.0 Å². The highest BCUT2D eigenvalue weighted by molar-refractivity contribution is 9.10. The molecule has 4 heteroatoms. The summed E-state index contributed by atoms with van der Waals surface area (Å²) in [5.74, 6) is 0. The SMILES string of the molecule is NCCCc1cnn(Cc2ccc(Br)cc2)c1. The van der Waals surface area contributed by atoms with Crippen molar-refractivity contribution in [2.45, 2.75) is 19.4 Å². The van der Waals surface area contributed by atoms with Gasteiger partial charge in [0.1, 0.15) is 0 Å². The second-order valence-electron chi connectivity index (χ2n) is 4.06. The van der Waals surface area contributed by atoms with Gasteiger partial charge in [-0.25, -0.2) is 0 Å². The minimum absolute atomic E-state index is 0.734. The van der Waals surface area contributed by atoms with Crippen LogP contribution in [0.5, 0.6) is 0 Å². The van der Waals surface area contributed by atoms with E-state index in [1.54, 1.807) is 0 Å². The molecule has 0 amide bonds. The van der Waals surface area contributed by atoms with Crippen molar-refractivity contribution in [2.75, 3.05) is 6.54 Å². The first-order valence-corrected chi connectivity index (χ1v) is 6.53. The van der Waals surface area contributed by atoms with E-state index in [1.165, 1.54) is 11.1 Å². The number of nitrogens with zero attached hydrogens (tertiary/aromatic N) is 2. The molecule has 0 saturated carbocycles. The Bertz CT molecular complexity index is 462. The van der Waals surface area contributed by atoms with Crippen LogP contribution < -0.4 is 5.73 Å². The molecule has 0 radical (unpaired) electrons. The summed E-state index contributed by atoms with van der Waals surface area (Å²) < 4.78 is 3.07. The van der Waals surface area contributed by atoms with Gasteiger partial charge in [-0.1, -0.05) is 28.1 Å². The summed E-state index contributed by atoms with van der Waals surface area (Å²) >= 11 is 3.43. The molecule has 0 unspecified atom stereocenters.